The minimum Gasteiger partial charge on any atom is -0.406 e. The van der Waals surface area contributed by atoms with Gasteiger partial charge in [-0.05, 0) is 23.3 Å². The summed E-state index contributed by atoms with van der Waals surface area (Å²) in [5.41, 5.74) is 2.60. The molecular weight excluding hydrogens is 321 g/mol. The summed E-state index contributed by atoms with van der Waals surface area (Å²) in [6.45, 7) is 0. The van der Waals surface area contributed by atoms with Gasteiger partial charge in [0.15, 0.2) is 5.69 Å². The fourth-order valence-corrected chi connectivity index (χ4v) is 2.20. The van der Waals surface area contributed by atoms with Gasteiger partial charge in [-0.2, -0.15) is 5.26 Å². The van der Waals surface area contributed by atoms with Crippen LogP contribution in [0.5, 0.6) is 5.75 Å². The molecule has 0 aliphatic carbocycles. The highest BCUT2D eigenvalue weighted by Crippen LogP contribution is 2.29. The van der Waals surface area contributed by atoms with Crippen LogP contribution in [0.4, 0.5) is 13.2 Å². The number of hydrogen-bond acceptors (Lipinski definition) is 4. The summed E-state index contributed by atoms with van der Waals surface area (Å²) in [5.74, 6) is -0.285. The third-order valence-corrected chi connectivity index (χ3v) is 3.22. The summed E-state index contributed by atoms with van der Waals surface area (Å²) in [5, 5.41) is 18.9. The van der Waals surface area contributed by atoms with Crippen LogP contribution in [0.2, 0.25) is 0 Å². The second-order valence-corrected chi connectivity index (χ2v) is 4.80. The van der Waals surface area contributed by atoms with Gasteiger partial charge in [0, 0.05) is 5.56 Å². The van der Waals surface area contributed by atoms with Crippen molar-refractivity contribution in [2.75, 3.05) is 0 Å². The molecule has 0 radical (unpaired) electrons. The Kier molecular flexibility index (Phi) is 3.92. The summed E-state index contributed by atoms with van der Waals surface area (Å²) in [4.78, 5) is 0. The molecule has 3 rings (SSSR count). The summed E-state index contributed by atoms with van der Waals surface area (Å²) in [6.07, 6.45) is -4.73. The maximum atomic E-state index is 12.3. The van der Waals surface area contributed by atoms with Crippen molar-refractivity contribution in [3.8, 4) is 34.2 Å². The zero-order valence-corrected chi connectivity index (χ0v) is 12.0. The Morgan fingerprint density at radius 1 is 1.00 bits per heavy atom. The van der Waals surface area contributed by atoms with Gasteiger partial charge in [-0.3, -0.25) is 0 Å². The van der Waals surface area contributed by atoms with Crippen LogP contribution in [-0.4, -0.2) is 21.8 Å². The third kappa shape index (κ3) is 3.35. The summed E-state index contributed by atoms with van der Waals surface area (Å²) in [7, 11) is 0. The zero-order chi connectivity index (χ0) is 17.2. The van der Waals surface area contributed by atoms with Crippen LogP contribution in [0, 0.1) is 11.3 Å². The quantitative estimate of drug-likeness (QED) is 0.790. The van der Waals surface area contributed by atoms with Gasteiger partial charge in [0.1, 0.15) is 17.5 Å². The normalized spacial score (nSPS) is 11.1. The SMILES string of the molecule is N#Cc1[nH]nnc1-c1ccc(-c2cccc(OC(F)(F)F)c2)cc1. The molecule has 2 aromatic carbocycles. The highest BCUT2D eigenvalue weighted by Gasteiger charge is 2.31. The van der Waals surface area contributed by atoms with E-state index in [0.717, 1.165) is 0 Å². The van der Waals surface area contributed by atoms with Gasteiger partial charge in [0.25, 0.3) is 0 Å². The number of hydrogen-bond donors (Lipinski definition) is 1. The molecule has 0 atom stereocenters. The molecule has 0 spiro atoms. The van der Waals surface area contributed by atoms with Gasteiger partial charge in [-0.1, -0.05) is 41.6 Å². The van der Waals surface area contributed by atoms with Crippen molar-refractivity contribution in [1.82, 2.24) is 15.4 Å². The van der Waals surface area contributed by atoms with E-state index in [9.17, 15) is 13.2 Å². The van der Waals surface area contributed by atoms with E-state index >= 15 is 0 Å². The Morgan fingerprint density at radius 3 is 2.38 bits per heavy atom. The number of aromatic nitrogens is 3. The Morgan fingerprint density at radius 2 is 1.71 bits per heavy atom. The highest BCUT2D eigenvalue weighted by atomic mass is 19.4. The van der Waals surface area contributed by atoms with E-state index in [4.69, 9.17) is 5.26 Å². The minimum absolute atomic E-state index is 0.239. The average molecular weight is 330 g/mol. The van der Waals surface area contributed by atoms with Crippen molar-refractivity contribution in [3.63, 3.8) is 0 Å². The van der Waals surface area contributed by atoms with Gasteiger partial charge in [-0.15, -0.1) is 18.3 Å². The monoisotopic (exact) mass is 330 g/mol. The lowest BCUT2D eigenvalue weighted by Gasteiger charge is -2.10. The Bertz CT molecular complexity index is 895. The topological polar surface area (TPSA) is 74.6 Å². The number of nitrogens with one attached hydrogen (secondary N) is 1. The molecule has 24 heavy (non-hydrogen) atoms. The molecule has 0 bridgehead atoms. The van der Waals surface area contributed by atoms with Gasteiger partial charge in [0.2, 0.25) is 0 Å². The number of nitrogens with zero attached hydrogens (tertiary/aromatic N) is 3. The molecular formula is C16H9F3N4O. The van der Waals surface area contributed by atoms with Crippen LogP contribution in [0.15, 0.2) is 48.5 Å². The molecule has 1 heterocycles. The maximum Gasteiger partial charge on any atom is 0.573 e. The van der Waals surface area contributed by atoms with Crippen molar-refractivity contribution in [2.24, 2.45) is 0 Å². The Hall–Kier alpha value is -3.34. The van der Waals surface area contributed by atoms with Gasteiger partial charge < -0.3 is 4.74 Å². The molecule has 0 aliphatic heterocycles. The molecule has 5 nitrogen and oxygen atoms in total. The Balaban J connectivity index is 1.89. The molecule has 1 N–H and O–H groups in total. The molecule has 0 saturated carbocycles. The predicted octanol–water partition coefficient (Wildman–Crippen LogP) is 3.91. The highest BCUT2D eigenvalue weighted by molar-refractivity contribution is 5.71. The molecule has 0 saturated heterocycles. The summed E-state index contributed by atoms with van der Waals surface area (Å²) < 4.78 is 40.8. The number of ether oxygens (including phenoxy) is 1. The molecule has 8 heteroatoms. The van der Waals surface area contributed by atoms with Crippen LogP contribution in [0.3, 0.4) is 0 Å². The van der Waals surface area contributed by atoms with Crippen molar-refractivity contribution >= 4 is 0 Å². The molecule has 0 fully saturated rings. The van der Waals surface area contributed by atoms with Crippen molar-refractivity contribution in [2.45, 2.75) is 6.36 Å². The largest absolute Gasteiger partial charge is 0.573 e. The number of halogens is 3. The van der Waals surface area contributed by atoms with E-state index < -0.39 is 6.36 Å². The number of benzene rings is 2. The van der Waals surface area contributed by atoms with Crippen LogP contribution < -0.4 is 4.74 Å². The van der Waals surface area contributed by atoms with E-state index in [1.807, 2.05) is 6.07 Å². The molecule has 1 aromatic heterocycles. The number of aromatic amines is 1. The average Bonchev–Trinajstić information content (AvgIpc) is 3.02. The number of alkyl halides is 3. The standard InChI is InChI=1S/C16H9F3N4O/c17-16(18,19)24-13-3-1-2-12(8-13)10-4-6-11(7-5-10)15-14(9-20)21-23-22-15/h1-8H,(H,21,22,23). The summed E-state index contributed by atoms with van der Waals surface area (Å²) in [6, 6.07) is 14.5. The van der Waals surface area contributed by atoms with Crippen LogP contribution in [0.1, 0.15) is 5.69 Å². The first-order valence-electron chi connectivity index (χ1n) is 6.74. The fraction of sp³-hybridized carbons (Fsp3) is 0.0625. The predicted molar refractivity (Wildman–Crippen MR) is 78.7 cm³/mol. The first kappa shape index (κ1) is 15.6. The third-order valence-electron chi connectivity index (χ3n) is 3.22. The van der Waals surface area contributed by atoms with Crippen LogP contribution in [-0.2, 0) is 0 Å². The maximum absolute atomic E-state index is 12.3. The Labute approximate surface area is 134 Å². The van der Waals surface area contributed by atoms with E-state index in [2.05, 4.69) is 20.1 Å². The van der Waals surface area contributed by atoms with Gasteiger partial charge >= 0.3 is 6.36 Å². The fourth-order valence-electron chi connectivity index (χ4n) is 2.20. The lowest BCUT2D eigenvalue weighted by Crippen LogP contribution is -2.17. The second kappa shape index (κ2) is 6.04. The van der Waals surface area contributed by atoms with Gasteiger partial charge in [-0.25, -0.2) is 5.10 Å². The molecule has 0 amide bonds. The van der Waals surface area contributed by atoms with Crippen molar-refractivity contribution in [1.29, 1.82) is 5.26 Å². The van der Waals surface area contributed by atoms with E-state index in [1.165, 1.54) is 18.2 Å². The lowest BCUT2D eigenvalue weighted by atomic mass is 10.0. The second-order valence-electron chi connectivity index (χ2n) is 4.80. The zero-order valence-electron chi connectivity index (χ0n) is 12.0. The summed E-state index contributed by atoms with van der Waals surface area (Å²) >= 11 is 0. The van der Waals surface area contributed by atoms with Crippen LogP contribution >= 0.6 is 0 Å². The van der Waals surface area contributed by atoms with E-state index in [-0.39, 0.29) is 11.4 Å². The number of H-pyrrole nitrogens is 1. The van der Waals surface area contributed by atoms with Gasteiger partial charge in [0.05, 0.1) is 0 Å². The molecule has 3 aromatic rings. The smallest absolute Gasteiger partial charge is 0.406 e. The van der Waals surface area contributed by atoms with Crippen molar-refractivity contribution < 1.29 is 17.9 Å². The number of rotatable bonds is 3. The lowest BCUT2D eigenvalue weighted by molar-refractivity contribution is -0.274. The minimum atomic E-state index is -4.73. The van der Waals surface area contributed by atoms with E-state index in [1.54, 1.807) is 30.3 Å². The molecule has 0 aliphatic rings. The first-order chi connectivity index (χ1) is 11.5. The first-order valence-corrected chi connectivity index (χ1v) is 6.74. The number of nitriles is 1. The van der Waals surface area contributed by atoms with Crippen LogP contribution in [0.25, 0.3) is 22.4 Å². The molecule has 0 unspecified atom stereocenters. The van der Waals surface area contributed by atoms with E-state index in [0.29, 0.717) is 22.4 Å². The molecule has 120 valence electrons. The van der Waals surface area contributed by atoms with Crippen molar-refractivity contribution in [3.05, 3.63) is 54.2 Å².